The maximum absolute atomic E-state index is 15.3. The van der Waals surface area contributed by atoms with Crippen LogP contribution in [0.3, 0.4) is 0 Å². The topological polar surface area (TPSA) is 0 Å². The second kappa shape index (κ2) is 12.3. The number of hydrogen-bond acceptors (Lipinski definition) is 0. The molecule has 0 N–H and O–H groups in total. The average Bonchev–Trinajstić information content (AvgIpc) is 2.92. The summed E-state index contributed by atoms with van der Waals surface area (Å²) in [6.07, 6.45) is 17.1. The first-order valence-electron chi connectivity index (χ1n) is 13.6. The lowest BCUT2D eigenvalue weighted by Crippen LogP contribution is -2.19. The molecule has 1 aliphatic carbocycles. The van der Waals surface area contributed by atoms with Crippen LogP contribution in [-0.2, 0) is 0 Å². The Balaban J connectivity index is 1.50. The summed E-state index contributed by atoms with van der Waals surface area (Å²) in [6.45, 7) is 4.47. The first-order valence-corrected chi connectivity index (χ1v) is 13.6. The number of halogens is 2. The molecular weight excluding hydrogens is 446 g/mol. The molecule has 188 valence electrons. The third-order valence-electron chi connectivity index (χ3n) is 7.57. The van der Waals surface area contributed by atoms with E-state index in [2.05, 4.69) is 26.0 Å². The molecule has 3 aromatic carbocycles. The minimum atomic E-state index is -0.782. The van der Waals surface area contributed by atoms with E-state index < -0.39 is 11.6 Å². The van der Waals surface area contributed by atoms with Crippen LogP contribution >= 0.6 is 0 Å². The van der Waals surface area contributed by atoms with Crippen LogP contribution in [0.2, 0.25) is 0 Å². The van der Waals surface area contributed by atoms with Gasteiger partial charge in [0.15, 0.2) is 11.6 Å². The number of hydrogen-bond donors (Lipinski definition) is 0. The molecule has 4 rings (SSSR count). The summed E-state index contributed by atoms with van der Waals surface area (Å²) in [5.41, 5.74) is 4.41. The summed E-state index contributed by atoms with van der Waals surface area (Å²) in [6, 6.07) is 21.1. The predicted molar refractivity (Wildman–Crippen MR) is 150 cm³/mol. The van der Waals surface area contributed by atoms with Gasteiger partial charge in [0.1, 0.15) is 0 Å². The molecule has 0 heterocycles. The number of rotatable bonds is 11. The Morgan fingerprint density at radius 1 is 0.639 bits per heavy atom. The van der Waals surface area contributed by atoms with E-state index in [1.165, 1.54) is 38.5 Å². The summed E-state index contributed by atoms with van der Waals surface area (Å²) in [5, 5.41) is 0. The Bertz CT molecular complexity index is 1190. The zero-order chi connectivity index (χ0) is 25.4. The lowest BCUT2D eigenvalue weighted by atomic mass is 9.72. The van der Waals surface area contributed by atoms with Gasteiger partial charge in [-0.2, -0.15) is 0 Å². The van der Waals surface area contributed by atoms with Gasteiger partial charge in [0.25, 0.3) is 0 Å². The molecule has 0 aromatic heterocycles. The standard InChI is InChI=1S/C34H38F2/c1-3-5-6-7-11-23-34(22-4-2)24-20-29(21-25-34)31-19-18-30(32(35)33(31)36)28-16-14-27(15-17-28)26-12-9-8-10-13-26/h8-10,12-21,24H,3-7,11,22-23,25H2,1-2H3. The minimum absolute atomic E-state index is 0.153. The summed E-state index contributed by atoms with van der Waals surface area (Å²) in [4.78, 5) is 0. The van der Waals surface area contributed by atoms with Crippen molar-refractivity contribution in [1.82, 2.24) is 0 Å². The molecule has 36 heavy (non-hydrogen) atoms. The lowest BCUT2D eigenvalue weighted by molar-refractivity contribution is 0.307. The second-order valence-corrected chi connectivity index (χ2v) is 10.2. The van der Waals surface area contributed by atoms with Crippen molar-refractivity contribution < 1.29 is 8.78 Å². The highest BCUT2D eigenvalue weighted by Gasteiger charge is 2.28. The van der Waals surface area contributed by atoms with Crippen LogP contribution < -0.4 is 0 Å². The van der Waals surface area contributed by atoms with Crippen molar-refractivity contribution in [1.29, 1.82) is 0 Å². The Morgan fingerprint density at radius 3 is 1.94 bits per heavy atom. The molecule has 2 heteroatoms. The van der Waals surface area contributed by atoms with Gasteiger partial charge < -0.3 is 0 Å². The summed E-state index contributed by atoms with van der Waals surface area (Å²) in [5.74, 6) is -1.55. The normalized spacial score (nSPS) is 17.3. The molecule has 0 aliphatic heterocycles. The minimum Gasteiger partial charge on any atom is -0.203 e. The van der Waals surface area contributed by atoms with Gasteiger partial charge >= 0.3 is 0 Å². The van der Waals surface area contributed by atoms with E-state index in [0.717, 1.165) is 36.0 Å². The van der Waals surface area contributed by atoms with E-state index in [-0.39, 0.29) is 5.41 Å². The number of benzene rings is 3. The van der Waals surface area contributed by atoms with E-state index in [1.54, 1.807) is 12.1 Å². The van der Waals surface area contributed by atoms with Gasteiger partial charge in [-0.3, -0.25) is 0 Å². The van der Waals surface area contributed by atoms with Gasteiger partial charge in [-0.15, -0.1) is 0 Å². The molecule has 1 atom stereocenters. The smallest absolute Gasteiger partial charge is 0.167 e. The largest absolute Gasteiger partial charge is 0.203 e. The van der Waals surface area contributed by atoms with Crippen LogP contribution in [0.15, 0.2) is 85.0 Å². The Morgan fingerprint density at radius 2 is 1.28 bits per heavy atom. The molecule has 1 aliphatic rings. The van der Waals surface area contributed by atoms with Crippen LogP contribution in [0.1, 0.15) is 77.2 Å². The van der Waals surface area contributed by atoms with Gasteiger partial charge in [-0.1, -0.05) is 137 Å². The van der Waals surface area contributed by atoms with Gasteiger partial charge in [0.2, 0.25) is 0 Å². The summed E-state index contributed by atoms with van der Waals surface area (Å²) < 4.78 is 30.5. The summed E-state index contributed by atoms with van der Waals surface area (Å²) >= 11 is 0. The van der Waals surface area contributed by atoms with Crippen LogP contribution in [0.25, 0.3) is 27.8 Å². The quantitative estimate of drug-likeness (QED) is 0.237. The maximum atomic E-state index is 15.3. The first kappa shape index (κ1) is 26.1. The van der Waals surface area contributed by atoms with Crippen molar-refractivity contribution >= 4 is 5.57 Å². The fraction of sp³-hybridized carbons (Fsp3) is 0.353. The molecular formula is C34H38F2. The number of allylic oxidation sites excluding steroid dienone is 4. The average molecular weight is 485 g/mol. The molecule has 1 unspecified atom stereocenters. The highest BCUT2D eigenvalue weighted by molar-refractivity contribution is 5.78. The Kier molecular flexibility index (Phi) is 8.91. The van der Waals surface area contributed by atoms with E-state index in [9.17, 15) is 0 Å². The van der Waals surface area contributed by atoms with Crippen LogP contribution in [0.4, 0.5) is 8.78 Å². The van der Waals surface area contributed by atoms with E-state index in [1.807, 2.05) is 60.7 Å². The van der Waals surface area contributed by atoms with Crippen molar-refractivity contribution in [3.05, 3.63) is 102 Å². The van der Waals surface area contributed by atoms with Gasteiger partial charge in [0, 0.05) is 11.1 Å². The highest BCUT2D eigenvalue weighted by Crippen LogP contribution is 2.42. The van der Waals surface area contributed by atoms with Crippen LogP contribution in [-0.4, -0.2) is 0 Å². The lowest BCUT2D eigenvalue weighted by Gasteiger charge is -2.32. The fourth-order valence-corrected chi connectivity index (χ4v) is 5.46. The van der Waals surface area contributed by atoms with E-state index >= 15 is 8.78 Å². The number of unbranched alkanes of at least 4 members (excludes halogenated alkanes) is 4. The molecule has 0 saturated carbocycles. The van der Waals surface area contributed by atoms with E-state index in [0.29, 0.717) is 16.7 Å². The van der Waals surface area contributed by atoms with E-state index in [4.69, 9.17) is 0 Å². The molecule has 0 bridgehead atoms. The third-order valence-corrected chi connectivity index (χ3v) is 7.57. The SMILES string of the molecule is CCCCCCCC1(CCC)C=CC(c2ccc(-c3ccc(-c4ccccc4)cc3)c(F)c2F)=CC1. The van der Waals surface area contributed by atoms with Gasteiger partial charge in [-0.05, 0) is 46.9 Å². The van der Waals surface area contributed by atoms with Crippen molar-refractivity contribution in [3.63, 3.8) is 0 Å². The Labute approximate surface area is 215 Å². The zero-order valence-electron chi connectivity index (χ0n) is 21.7. The predicted octanol–water partition coefficient (Wildman–Crippen LogP) is 10.8. The van der Waals surface area contributed by atoms with Crippen molar-refractivity contribution in [2.75, 3.05) is 0 Å². The molecule has 0 radical (unpaired) electrons. The zero-order valence-corrected chi connectivity index (χ0v) is 21.7. The monoisotopic (exact) mass is 484 g/mol. The first-order chi connectivity index (χ1) is 17.6. The van der Waals surface area contributed by atoms with Crippen LogP contribution in [0, 0.1) is 17.0 Å². The molecule has 3 aromatic rings. The molecule has 0 saturated heterocycles. The second-order valence-electron chi connectivity index (χ2n) is 10.2. The van der Waals surface area contributed by atoms with Gasteiger partial charge in [-0.25, -0.2) is 8.78 Å². The third kappa shape index (κ3) is 6.03. The van der Waals surface area contributed by atoms with Crippen molar-refractivity contribution in [2.24, 2.45) is 5.41 Å². The molecule has 0 fully saturated rings. The molecule has 0 nitrogen and oxygen atoms in total. The highest BCUT2D eigenvalue weighted by atomic mass is 19.2. The van der Waals surface area contributed by atoms with Crippen molar-refractivity contribution in [3.8, 4) is 22.3 Å². The fourth-order valence-electron chi connectivity index (χ4n) is 5.46. The molecule has 0 amide bonds. The van der Waals surface area contributed by atoms with Crippen molar-refractivity contribution in [2.45, 2.75) is 71.6 Å². The van der Waals surface area contributed by atoms with Gasteiger partial charge in [0.05, 0.1) is 0 Å². The molecule has 0 spiro atoms. The van der Waals surface area contributed by atoms with Crippen LogP contribution in [0.5, 0.6) is 0 Å². The summed E-state index contributed by atoms with van der Waals surface area (Å²) in [7, 11) is 0. The maximum Gasteiger partial charge on any atom is 0.167 e. The Hall–Kier alpha value is -3.00.